The van der Waals surface area contributed by atoms with E-state index in [1.165, 1.54) is 0 Å². The molecule has 2 heterocycles. The summed E-state index contributed by atoms with van der Waals surface area (Å²) in [6.45, 7) is 6.26. The number of hydrogen-bond acceptors (Lipinski definition) is 3. The molecule has 2 rings (SSSR count). The maximum absolute atomic E-state index is 11.7. The number of amides is 2. The van der Waals surface area contributed by atoms with Crippen LogP contribution in [-0.4, -0.2) is 26.3 Å². The lowest BCUT2D eigenvalue weighted by molar-refractivity contribution is 0.231. The van der Waals surface area contributed by atoms with Crippen molar-refractivity contribution in [3.8, 4) is 11.1 Å². The van der Waals surface area contributed by atoms with Crippen molar-refractivity contribution in [2.45, 2.75) is 32.9 Å². The Kier molecular flexibility index (Phi) is 4.26. The third-order valence-corrected chi connectivity index (χ3v) is 2.77. The number of urea groups is 1. The van der Waals surface area contributed by atoms with Gasteiger partial charge in [-0.2, -0.15) is 5.10 Å². The van der Waals surface area contributed by atoms with Crippen LogP contribution in [0.4, 0.5) is 4.79 Å². The molecular formula is C15H21N5O. The van der Waals surface area contributed by atoms with Gasteiger partial charge in [0.15, 0.2) is 0 Å². The van der Waals surface area contributed by atoms with Gasteiger partial charge in [0.1, 0.15) is 0 Å². The van der Waals surface area contributed by atoms with E-state index in [9.17, 15) is 4.79 Å². The van der Waals surface area contributed by atoms with Crippen molar-refractivity contribution < 1.29 is 4.79 Å². The maximum atomic E-state index is 11.7. The van der Waals surface area contributed by atoms with Crippen LogP contribution in [0.5, 0.6) is 0 Å². The van der Waals surface area contributed by atoms with E-state index in [-0.39, 0.29) is 11.6 Å². The number of aryl methyl sites for hydroxylation is 1. The molecule has 0 unspecified atom stereocenters. The highest BCUT2D eigenvalue weighted by molar-refractivity contribution is 5.74. The Balaban J connectivity index is 2.00. The highest BCUT2D eigenvalue weighted by Crippen LogP contribution is 2.18. The predicted octanol–water partition coefficient (Wildman–Crippen LogP) is 2.08. The van der Waals surface area contributed by atoms with Gasteiger partial charge in [0, 0.05) is 48.8 Å². The molecule has 0 saturated heterocycles. The molecule has 0 radical (unpaired) electrons. The summed E-state index contributed by atoms with van der Waals surface area (Å²) >= 11 is 0. The summed E-state index contributed by atoms with van der Waals surface area (Å²) in [7, 11) is 1.87. The average Bonchev–Trinajstić information content (AvgIpc) is 2.82. The minimum Gasteiger partial charge on any atom is -0.334 e. The molecule has 0 spiro atoms. The van der Waals surface area contributed by atoms with Crippen molar-refractivity contribution in [3.05, 3.63) is 36.4 Å². The van der Waals surface area contributed by atoms with E-state index in [4.69, 9.17) is 0 Å². The molecular weight excluding hydrogens is 266 g/mol. The third-order valence-electron chi connectivity index (χ3n) is 2.77. The largest absolute Gasteiger partial charge is 0.334 e. The van der Waals surface area contributed by atoms with Crippen molar-refractivity contribution in [3.63, 3.8) is 0 Å². The SMILES string of the molecule is Cn1cc(-c2cncc(CNC(=O)NC(C)(C)C)c2)cn1. The summed E-state index contributed by atoms with van der Waals surface area (Å²) < 4.78 is 1.75. The average molecular weight is 287 g/mol. The second-order valence-corrected chi connectivity index (χ2v) is 6.04. The summed E-state index contributed by atoms with van der Waals surface area (Å²) in [5.41, 5.74) is 2.69. The van der Waals surface area contributed by atoms with Gasteiger partial charge in [-0.3, -0.25) is 9.67 Å². The number of nitrogens with one attached hydrogen (secondary N) is 2. The lowest BCUT2D eigenvalue weighted by Crippen LogP contribution is -2.46. The zero-order valence-corrected chi connectivity index (χ0v) is 12.8. The normalized spacial score (nSPS) is 11.2. The summed E-state index contributed by atoms with van der Waals surface area (Å²) in [5, 5.41) is 9.83. The van der Waals surface area contributed by atoms with Crippen molar-refractivity contribution in [2.75, 3.05) is 0 Å². The molecule has 0 bridgehead atoms. The summed E-state index contributed by atoms with van der Waals surface area (Å²) in [6, 6.07) is 1.82. The predicted molar refractivity (Wildman–Crippen MR) is 81.6 cm³/mol. The summed E-state index contributed by atoms with van der Waals surface area (Å²) in [6.07, 6.45) is 7.26. The standard InChI is InChI=1S/C15H21N5O/c1-15(2,3)19-14(21)17-7-11-5-12(8-16-6-11)13-9-18-20(4)10-13/h5-6,8-10H,7H2,1-4H3,(H2,17,19,21). The van der Waals surface area contributed by atoms with Gasteiger partial charge in [-0.05, 0) is 32.4 Å². The molecule has 2 aromatic heterocycles. The topological polar surface area (TPSA) is 71.8 Å². The van der Waals surface area contributed by atoms with Crippen LogP contribution in [-0.2, 0) is 13.6 Å². The van der Waals surface area contributed by atoms with E-state index in [0.29, 0.717) is 6.54 Å². The molecule has 2 amide bonds. The van der Waals surface area contributed by atoms with Crippen molar-refractivity contribution in [1.29, 1.82) is 0 Å². The van der Waals surface area contributed by atoms with Gasteiger partial charge in [0.25, 0.3) is 0 Å². The number of nitrogens with zero attached hydrogens (tertiary/aromatic N) is 3. The zero-order chi connectivity index (χ0) is 15.5. The van der Waals surface area contributed by atoms with Gasteiger partial charge in [0.05, 0.1) is 6.20 Å². The first-order chi connectivity index (χ1) is 9.83. The van der Waals surface area contributed by atoms with Crippen molar-refractivity contribution in [2.24, 2.45) is 7.05 Å². The Bertz CT molecular complexity index is 627. The van der Waals surface area contributed by atoms with E-state index < -0.39 is 0 Å². The number of pyridine rings is 1. The summed E-state index contributed by atoms with van der Waals surface area (Å²) in [4.78, 5) is 15.9. The van der Waals surface area contributed by atoms with Crippen molar-refractivity contribution in [1.82, 2.24) is 25.4 Å². The first kappa shape index (κ1) is 15.0. The Hall–Kier alpha value is -2.37. The lowest BCUT2D eigenvalue weighted by atomic mass is 10.1. The molecule has 0 atom stereocenters. The smallest absolute Gasteiger partial charge is 0.315 e. The minimum atomic E-state index is -0.250. The summed E-state index contributed by atoms with van der Waals surface area (Å²) in [5.74, 6) is 0. The molecule has 0 saturated carbocycles. The Morgan fingerprint density at radius 2 is 2.00 bits per heavy atom. The molecule has 0 aliphatic carbocycles. The van der Waals surface area contributed by atoms with Crippen molar-refractivity contribution >= 4 is 6.03 Å². The Morgan fingerprint density at radius 1 is 1.24 bits per heavy atom. The molecule has 2 aromatic rings. The van der Waals surface area contributed by atoms with E-state index in [0.717, 1.165) is 16.7 Å². The van der Waals surface area contributed by atoms with E-state index in [1.807, 2.05) is 40.1 Å². The van der Waals surface area contributed by atoms with Crippen LogP contribution in [0.15, 0.2) is 30.9 Å². The monoisotopic (exact) mass is 287 g/mol. The maximum Gasteiger partial charge on any atom is 0.315 e. The van der Waals surface area contributed by atoms with Gasteiger partial charge in [0.2, 0.25) is 0 Å². The fraction of sp³-hybridized carbons (Fsp3) is 0.400. The molecule has 2 N–H and O–H groups in total. The zero-order valence-electron chi connectivity index (χ0n) is 12.8. The van der Waals surface area contributed by atoms with Crippen LogP contribution in [0.2, 0.25) is 0 Å². The second kappa shape index (κ2) is 5.95. The lowest BCUT2D eigenvalue weighted by Gasteiger charge is -2.20. The first-order valence-electron chi connectivity index (χ1n) is 6.82. The first-order valence-corrected chi connectivity index (χ1v) is 6.82. The number of rotatable bonds is 3. The van der Waals surface area contributed by atoms with Crippen LogP contribution in [0.25, 0.3) is 11.1 Å². The molecule has 112 valence electrons. The van der Waals surface area contributed by atoms with Gasteiger partial charge < -0.3 is 10.6 Å². The second-order valence-electron chi connectivity index (χ2n) is 6.04. The Labute approximate surface area is 124 Å². The minimum absolute atomic E-state index is 0.186. The van der Waals surface area contributed by atoms with Gasteiger partial charge in [-0.1, -0.05) is 0 Å². The third kappa shape index (κ3) is 4.59. The fourth-order valence-corrected chi connectivity index (χ4v) is 1.88. The van der Waals surface area contributed by atoms with Crippen LogP contribution in [0.1, 0.15) is 26.3 Å². The molecule has 0 aliphatic heterocycles. The van der Waals surface area contributed by atoms with Gasteiger partial charge >= 0.3 is 6.03 Å². The Morgan fingerprint density at radius 3 is 2.62 bits per heavy atom. The van der Waals surface area contributed by atoms with Crippen LogP contribution in [0, 0.1) is 0 Å². The molecule has 6 heteroatoms. The molecule has 0 aromatic carbocycles. The van der Waals surface area contributed by atoms with E-state index in [2.05, 4.69) is 20.7 Å². The number of carbonyl (C=O) groups is 1. The van der Waals surface area contributed by atoms with Crippen LogP contribution in [0.3, 0.4) is 0 Å². The van der Waals surface area contributed by atoms with Crippen LogP contribution >= 0.6 is 0 Å². The highest BCUT2D eigenvalue weighted by Gasteiger charge is 2.13. The van der Waals surface area contributed by atoms with Crippen LogP contribution < -0.4 is 10.6 Å². The number of hydrogen-bond donors (Lipinski definition) is 2. The van der Waals surface area contributed by atoms with E-state index in [1.54, 1.807) is 23.3 Å². The molecule has 0 aliphatic rings. The van der Waals surface area contributed by atoms with Gasteiger partial charge in [-0.25, -0.2) is 4.79 Å². The molecule has 6 nitrogen and oxygen atoms in total. The molecule has 21 heavy (non-hydrogen) atoms. The highest BCUT2D eigenvalue weighted by atomic mass is 16.2. The molecule has 0 fully saturated rings. The van der Waals surface area contributed by atoms with Gasteiger partial charge in [-0.15, -0.1) is 0 Å². The number of carbonyl (C=O) groups excluding carboxylic acids is 1. The quantitative estimate of drug-likeness (QED) is 0.908. The fourth-order valence-electron chi connectivity index (χ4n) is 1.88. The number of aromatic nitrogens is 3. The van der Waals surface area contributed by atoms with E-state index >= 15 is 0 Å².